The van der Waals surface area contributed by atoms with Crippen molar-refractivity contribution in [2.24, 2.45) is 0 Å². The Bertz CT molecular complexity index is 979. The van der Waals surface area contributed by atoms with E-state index in [1.54, 1.807) is 6.92 Å². The Labute approximate surface area is 172 Å². The van der Waals surface area contributed by atoms with Crippen LogP contribution in [0.3, 0.4) is 0 Å². The SMILES string of the molecule is C=C(C)C(=O)OC(CC)CC(=O)OCCS(=O)(=O)C(S(C)(=O)=O)S(=O)(=O)C(F)(F)F. The smallest absolute Gasteiger partial charge is 0.464 e. The maximum Gasteiger partial charge on any atom is 0.499 e. The molecule has 16 heteroatoms. The number of hydrogen-bond acceptors (Lipinski definition) is 10. The van der Waals surface area contributed by atoms with E-state index < -0.39 is 75.8 Å². The van der Waals surface area contributed by atoms with Gasteiger partial charge in [0.05, 0.1) is 12.2 Å². The van der Waals surface area contributed by atoms with Crippen molar-refractivity contribution in [3.8, 4) is 0 Å². The molecule has 0 saturated carbocycles. The Balaban J connectivity index is 5.28. The zero-order valence-corrected chi connectivity index (χ0v) is 18.6. The van der Waals surface area contributed by atoms with Gasteiger partial charge in [-0.3, -0.25) is 4.79 Å². The van der Waals surface area contributed by atoms with Crippen LogP contribution in [0.25, 0.3) is 0 Å². The summed E-state index contributed by atoms with van der Waals surface area (Å²) in [5.41, 5.74) is -6.10. The predicted octanol–water partition coefficient (Wildman–Crippen LogP) is 0.495. The minimum absolute atomic E-state index is 0.0201. The van der Waals surface area contributed by atoms with Crippen molar-refractivity contribution in [2.75, 3.05) is 18.6 Å². The number of sulfone groups is 3. The summed E-state index contributed by atoms with van der Waals surface area (Å²) < 4.78 is 114. The van der Waals surface area contributed by atoms with E-state index in [2.05, 4.69) is 11.3 Å². The van der Waals surface area contributed by atoms with Gasteiger partial charge in [0.25, 0.3) is 13.8 Å². The molecule has 0 N–H and O–H groups in total. The molecule has 0 spiro atoms. The third-order valence-electron chi connectivity index (χ3n) is 3.32. The van der Waals surface area contributed by atoms with Gasteiger partial charge in [-0.15, -0.1) is 0 Å². The first-order valence-electron chi connectivity index (χ1n) is 8.00. The largest absolute Gasteiger partial charge is 0.499 e. The molecule has 0 amide bonds. The molecule has 30 heavy (non-hydrogen) atoms. The monoisotopic (exact) mass is 502 g/mol. The number of hydrogen-bond donors (Lipinski definition) is 0. The topological polar surface area (TPSA) is 155 Å². The molecule has 0 rings (SSSR count). The van der Waals surface area contributed by atoms with Gasteiger partial charge in [0, 0.05) is 11.8 Å². The molecule has 0 heterocycles. The van der Waals surface area contributed by atoms with Crippen LogP contribution in [0.1, 0.15) is 26.7 Å². The highest BCUT2D eigenvalue weighted by Crippen LogP contribution is 2.32. The summed E-state index contributed by atoms with van der Waals surface area (Å²) in [5, 5.41) is 0. The van der Waals surface area contributed by atoms with Crippen molar-refractivity contribution in [1.29, 1.82) is 0 Å². The number of alkyl halides is 3. The van der Waals surface area contributed by atoms with E-state index in [9.17, 15) is 48.0 Å². The van der Waals surface area contributed by atoms with Gasteiger partial charge < -0.3 is 9.47 Å². The number of esters is 2. The molecule has 0 aromatic carbocycles. The summed E-state index contributed by atoms with van der Waals surface area (Å²) in [6.45, 7) is 5.12. The van der Waals surface area contributed by atoms with E-state index in [0.29, 0.717) is 0 Å². The Morgan fingerprint density at radius 1 is 1.07 bits per heavy atom. The molecule has 0 aromatic heterocycles. The number of ether oxygens (including phenoxy) is 2. The van der Waals surface area contributed by atoms with Gasteiger partial charge >= 0.3 is 17.4 Å². The third kappa shape index (κ3) is 7.86. The van der Waals surface area contributed by atoms with Crippen molar-refractivity contribution in [3.05, 3.63) is 12.2 Å². The van der Waals surface area contributed by atoms with Crippen molar-refractivity contribution in [2.45, 2.75) is 42.2 Å². The Morgan fingerprint density at radius 2 is 1.57 bits per heavy atom. The maximum absolute atomic E-state index is 12.7. The lowest BCUT2D eigenvalue weighted by Crippen LogP contribution is -2.45. The molecule has 2 unspecified atom stereocenters. The van der Waals surface area contributed by atoms with Gasteiger partial charge in [0.1, 0.15) is 12.7 Å². The minimum Gasteiger partial charge on any atom is -0.464 e. The van der Waals surface area contributed by atoms with Gasteiger partial charge in [-0.05, 0) is 13.3 Å². The summed E-state index contributed by atoms with van der Waals surface area (Å²) in [6, 6.07) is 0. The normalized spacial score (nSPS) is 15.1. The maximum atomic E-state index is 12.7. The Hall–Kier alpha value is -1.68. The lowest BCUT2D eigenvalue weighted by molar-refractivity contribution is -0.152. The highest BCUT2D eigenvalue weighted by atomic mass is 32.3. The van der Waals surface area contributed by atoms with Crippen LogP contribution in [0.15, 0.2) is 12.2 Å². The average Bonchev–Trinajstić information content (AvgIpc) is 2.50. The molecule has 2 atom stereocenters. The van der Waals surface area contributed by atoms with Crippen LogP contribution in [-0.4, -0.2) is 71.3 Å². The molecule has 0 aromatic rings. The molecular weight excluding hydrogens is 481 g/mol. The van der Waals surface area contributed by atoms with Crippen LogP contribution in [0, 0.1) is 0 Å². The third-order valence-corrected chi connectivity index (χ3v) is 11.9. The standard InChI is InChI=1S/C14H21F3O10S3/c1-5-10(27-12(19)9(2)3)8-11(18)26-6-7-29(22,23)13(28(4,20)21)30(24,25)14(15,16)17/h10,13H,2,5-8H2,1,3-4H3. The van der Waals surface area contributed by atoms with Gasteiger partial charge in [0.15, 0.2) is 19.7 Å². The molecule has 0 bridgehead atoms. The van der Waals surface area contributed by atoms with E-state index in [1.165, 1.54) is 6.92 Å². The van der Waals surface area contributed by atoms with Crippen molar-refractivity contribution < 1.29 is 57.5 Å². The van der Waals surface area contributed by atoms with E-state index in [1.807, 2.05) is 0 Å². The van der Waals surface area contributed by atoms with Crippen LogP contribution in [-0.2, 0) is 48.6 Å². The van der Waals surface area contributed by atoms with Gasteiger partial charge in [0.2, 0.25) is 0 Å². The summed E-state index contributed by atoms with van der Waals surface area (Å²) in [6.07, 6.45) is -1.32. The first-order valence-corrected chi connectivity index (χ1v) is 13.2. The quantitative estimate of drug-likeness (QED) is 0.288. The van der Waals surface area contributed by atoms with Crippen molar-refractivity contribution in [1.82, 2.24) is 0 Å². The number of carbonyl (C=O) groups excluding carboxylic acids is 2. The summed E-state index contributed by atoms with van der Waals surface area (Å²) in [7, 11) is -17.3. The Kier molecular flexibility index (Phi) is 9.52. The van der Waals surface area contributed by atoms with Gasteiger partial charge in [-0.1, -0.05) is 13.5 Å². The van der Waals surface area contributed by atoms with Gasteiger partial charge in [-0.25, -0.2) is 30.0 Å². The molecule has 176 valence electrons. The number of carbonyl (C=O) groups is 2. The minimum atomic E-state index is -6.63. The first-order chi connectivity index (χ1) is 13.3. The predicted molar refractivity (Wildman–Crippen MR) is 98.0 cm³/mol. The zero-order valence-electron chi connectivity index (χ0n) is 16.1. The van der Waals surface area contributed by atoms with Crippen LogP contribution in [0.5, 0.6) is 0 Å². The summed E-state index contributed by atoms with van der Waals surface area (Å²) in [5.74, 6) is -3.42. The second kappa shape index (κ2) is 10.1. The molecule has 0 aliphatic heterocycles. The van der Waals surface area contributed by atoms with Gasteiger partial charge in [-0.2, -0.15) is 13.2 Å². The second-order valence-electron chi connectivity index (χ2n) is 6.12. The van der Waals surface area contributed by atoms with Crippen LogP contribution in [0.4, 0.5) is 13.2 Å². The summed E-state index contributed by atoms with van der Waals surface area (Å²) in [4.78, 5) is 23.1. The fourth-order valence-corrected chi connectivity index (χ4v) is 9.41. The fraction of sp³-hybridized carbons (Fsp3) is 0.714. The first kappa shape index (κ1) is 28.3. The number of rotatable bonds is 11. The molecule has 10 nitrogen and oxygen atoms in total. The van der Waals surface area contributed by atoms with Crippen molar-refractivity contribution >= 4 is 41.5 Å². The lowest BCUT2D eigenvalue weighted by Gasteiger charge is -2.18. The van der Waals surface area contributed by atoms with Crippen LogP contribution >= 0.6 is 0 Å². The number of halogens is 3. The second-order valence-corrected chi connectivity index (χ2v) is 13.4. The molecule has 0 aliphatic rings. The van der Waals surface area contributed by atoms with E-state index in [-0.39, 0.29) is 18.2 Å². The fourth-order valence-electron chi connectivity index (χ4n) is 1.93. The van der Waals surface area contributed by atoms with E-state index in [4.69, 9.17) is 4.74 Å². The molecule has 0 saturated heterocycles. The van der Waals surface area contributed by atoms with Crippen molar-refractivity contribution in [3.63, 3.8) is 0 Å². The lowest BCUT2D eigenvalue weighted by atomic mass is 10.2. The molecular formula is C14H21F3O10S3. The van der Waals surface area contributed by atoms with Crippen LogP contribution < -0.4 is 0 Å². The Morgan fingerprint density at radius 3 is 1.93 bits per heavy atom. The molecule has 0 fully saturated rings. The molecule has 0 aliphatic carbocycles. The highest BCUT2D eigenvalue weighted by Gasteiger charge is 2.59. The average molecular weight is 503 g/mol. The molecule has 0 radical (unpaired) electrons. The van der Waals surface area contributed by atoms with E-state index in [0.717, 1.165) is 0 Å². The van der Waals surface area contributed by atoms with E-state index >= 15 is 0 Å². The zero-order chi connectivity index (χ0) is 24.1. The highest BCUT2D eigenvalue weighted by molar-refractivity contribution is 8.24. The summed E-state index contributed by atoms with van der Waals surface area (Å²) >= 11 is 0. The van der Waals surface area contributed by atoms with Crippen LogP contribution in [0.2, 0.25) is 0 Å².